The van der Waals surface area contributed by atoms with E-state index in [0.717, 1.165) is 89.1 Å². The zero-order chi connectivity index (χ0) is 56.2. The average molecular weight is 1070 g/mol. The van der Waals surface area contributed by atoms with E-state index < -0.39 is 0 Å². The minimum atomic E-state index is 0.212. The monoisotopic (exact) mass is 1060 g/mol. The Balaban J connectivity index is 1.06. The third-order valence-corrected chi connectivity index (χ3v) is 17.4. The van der Waals surface area contributed by atoms with Gasteiger partial charge in [0.2, 0.25) is 0 Å². The zero-order valence-corrected chi connectivity index (χ0v) is 48.7. The van der Waals surface area contributed by atoms with Crippen molar-refractivity contribution in [1.29, 1.82) is 0 Å². The van der Waals surface area contributed by atoms with Crippen molar-refractivity contribution in [3.05, 3.63) is 240 Å². The first-order valence-corrected chi connectivity index (χ1v) is 29.4. The van der Waals surface area contributed by atoms with Gasteiger partial charge in [0.25, 0.3) is 0 Å². The number of hydrogen-bond acceptors (Lipinski definition) is 4. The Labute approximate surface area is 481 Å². The lowest BCUT2D eigenvalue weighted by Gasteiger charge is -2.31. The minimum absolute atomic E-state index is 0.212. The van der Waals surface area contributed by atoms with Gasteiger partial charge in [0.05, 0.1) is 22.7 Å². The lowest BCUT2D eigenvalue weighted by molar-refractivity contribution is 0.669. The van der Waals surface area contributed by atoms with Gasteiger partial charge in [-0.3, -0.25) is 0 Å². The van der Waals surface area contributed by atoms with E-state index in [4.69, 9.17) is 8.83 Å². The fourth-order valence-electron chi connectivity index (χ4n) is 13.6. The minimum Gasteiger partial charge on any atom is -0.453 e. The highest BCUT2D eigenvalue weighted by Crippen LogP contribution is 2.54. The number of nitrogens with zero attached hydrogens (tertiary/aromatic N) is 2. The number of furan rings is 2. The molecule has 0 aliphatic rings. The molecule has 0 fully saturated rings. The van der Waals surface area contributed by atoms with E-state index in [1.807, 2.05) is 0 Å². The molecule has 82 heavy (non-hydrogen) atoms. The number of hydrogen-bond donors (Lipinski definition) is 0. The van der Waals surface area contributed by atoms with E-state index in [-0.39, 0.29) is 11.8 Å². The lowest BCUT2D eigenvalue weighted by Crippen LogP contribution is -2.13. The summed E-state index contributed by atoms with van der Waals surface area (Å²) in [5.74, 6) is 1.13. The van der Waals surface area contributed by atoms with Crippen LogP contribution in [0.4, 0.5) is 34.1 Å². The maximum absolute atomic E-state index is 7.38. The molecule has 0 saturated carbocycles. The van der Waals surface area contributed by atoms with Crippen LogP contribution in [0.1, 0.15) is 112 Å². The molecule has 14 aromatic rings. The number of benzene rings is 12. The second-order valence-corrected chi connectivity index (χ2v) is 24.1. The topological polar surface area (TPSA) is 32.8 Å². The molecule has 402 valence electrons. The van der Waals surface area contributed by atoms with Gasteiger partial charge in [-0.05, 0) is 152 Å². The van der Waals surface area contributed by atoms with E-state index in [0.29, 0.717) is 11.8 Å². The molecule has 0 aliphatic heterocycles. The van der Waals surface area contributed by atoms with Crippen LogP contribution < -0.4 is 9.80 Å². The van der Waals surface area contributed by atoms with Crippen molar-refractivity contribution >= 4 is 110 Å². The average Bonchev–Trinajstić information content (AvgIpc) is 1.52. The summed E-state index contributed by atoms with van der Waals surface area (Å²) in [6.07, 6.45) is 0. The molecule has 2 heterocycles. The molecule has 0 radical (unpaired) electrons. The van der Waals surface area contributed by atoms with Gasteiger partial charge in [-0.1, -0.05) is 213 Å². The Morgan fingerprint density at radius 2 is 0.610 bits per heavy atom. The molecule has 0 spiro atoms. The predicted octanol–water partition coefficient (Wildman–Crippen LogP) is 23.8. The molecule has 12 aromatic carbocycles. The molecule has 0 atom stereocenters. The van der Waals surface area contributed by atoms with Gasteiger partial charge >= 0.3 is 0 Å². The largest absolute Gasteiger partial charge is 0.453 e. The molecule has 0 aliphatic carbocycles. The summed E-state index contributed by atoms with van der Waals surface area (Å²) in [6.45, 7) is 22.8. The number of fused-ring (bicyclic) bond motifs is 6. The summed E-state index contributed by atoms with van der Waals surface area (Å²) in [7, 11) is 0. The fraction of sp³-hybridized carbons (Fsp3) is 0.179. The third-order valence-electron chi connectivity index (χ3n) is 17.4. The summed E-state index contributed by atoms with van der Waals surface area (Å²) in [6, 6.07) is 76.7. The van der Waals surface area contributed by atoms with Gasteiger partial charge in [-0.2, -0.15) is 0 Å². The van der Waals surface area contributed by atoms with E-state index >= 15 is 0 Å². The van der Waals surface area contributed by atoms with Crippen LogP contribution in [-0.2, 0) is 0 Å². The fourth-order valence-corrected chi connectivity index (χ4v) is 13.6. The molecular formula is C78H68N2O2. The summed E-state index contributed by atoms with van der Waals surface area (Å²) in [4.78, 5) is 4.97. The van der Waals surface area contributed by atoms with Crippen LogP contribution in [0, 0.1) is 13.8 Å². The van der Waals surface area contributed by atoms with Crippen molar-refractivity contribution in [3.63, 3.8) is 0 Å². The molecule has 0 unspecified atom stereocenters. The van der Waals surface area contributed by atoms with Crippen LogP contribution in [0.15, 0.2) is 215 Å². The maximum atomic E-state index is 7.38. The van der Waals surface area contributed by atoms with Crippen molar-refractivity contribution in [2.45, 2.75) is 92.9 Å². The second kappa shape index (κ2) is 19.8. The van der Waals surface area contributed by atoms with E-state index in [1.165, 1.54) is 76.8 Å². The molecule has 2 aromatic heterocycles. The molecule has 0 N–H and O–H groups in total. The molecular weight excluding hydrogens is 997 g/mol. The molecule has 0 saturated heterocycles. The first-order valence-electron chi connectivity index (χ1n) is 29.4. The van der Waals surface area contributed by atoms with Crippen LogP contribution >= 0.6 is 0 Å². The van der Waals surface area contributed by atoms with E-state index in [2.05, 4.69) is 285 Å². The highest BCUT2D eigenvalue weighted by molar-refractivity contribution is 6.30. The van der Waals surface area contributed by atoms with Gasteiger partial charge in [-0.25, -0.2) is 0 Å². The summed E-state index contributed by atoms with van der Waals surface area (Å²) >= 11 is 0. The first-order chi connectivity index (χ1) is 39.8. The summed E-state index contributed by atoms with van der Waals surface area (Å²) in [5.41, 5.74) is 22.1. The van der Waals surface area contributed by atoms with Crippen molar-refractivity contribution < 1.29 is 8.83 Å². The van der Waals surface area contributed by atoms with Crippen LogP contribution in [0.3, 0.4) is 0 Å². The van der Waals surface area contributed by atoms with Crippen molar-refractivity contribution in [2.24, 2.45) is 0 Å². The Bertz CT molecular complexity index is 4510. The molecule has 4 nitrogen and oxygen atoms in total. The predicted molar refractivity (Wildman–Crippen MR) is 351 cm³/mol. The Kier molecular flexibility index (Phi) is 12.4. The van der Waals surface area contributed by atoms with Crippen molar-refractivity contribution in [1.82, 2.24) is 0 Å². The Hall–Kier alpha value is -9.12. The standard InChI is InChI=1S/C78H68N2O2/c1-45(2)53-25-11-13-27-55(53)59-29-17-31-61-63-33-19-35-69(77(63)81-75(59)61)79(51-23-15-21-49(9)41-51)71-43-67(47(5)6)57-38-40-66-72(44-68(48(7)8)58-37-39-65(71)73(57)74(58)66)80(52-24-16-22-50(10)42-52)70-36-20-34-64-62-32-18-30-60(76(62)82-78(64)70)56-28-14-12-26-54(56)46(3)4/h11-48H,1-10H3. The zero-order valence-electron chi connectivity index (χ0n) is 48.7. The van der Waals surface area contributed by atoms with Gasteiger partial charge < -0.3 is 18.6 Å². The lowest BCUT2D eigenvalue weighted by atomic mass is 9.84. The first kappa shape index (κ1) is 51.1. The number of rotatable bonds is 12. The smallest absolute Gasteiger partial charge is 0.159 e. The number of para-hydroxylation sites is 4. The second-order valence-electron chi connectivity index (χ2n) is 24.1. The van der Waals surface area contributed by atoms with E-state index in [1.54, 1.807) is 0 Å². The summed E-state index contributed by atoms with van der Waals surface area (Å²) < 4.78 is 14.8. The van der Waals surface area contributed by atoms with Crippen LogP contribution in [0.2, 0.25) is 0 Å². The Morgan fingerprint density at radius 3 is 1.00 bits per heavy atom. The normalized spacial score (nSPS) is 12.2. The van der Waals surface area contributed by atoms with Crippen molar-refractivity contribution in [2.75, 3.05) is 9.80 Å². The molecule has 0 bridgehead atoms. The van der Waals surface area contributed by atoms with Crippen LogP contribution in [-0.4, -0.2) is 0 Å². The maximum Gasteiger partial charge on any atom is 0.159 e. The quantitative estimate of drug-likeness (QED) is 0.114. The highest BCUT2D eigenvalue weighted by atomic mass is 16.3. The number of anilines is 6. The summed E-state index contributed by atoms with van der Waals surface area (Å²) in [5, 5.41) is 11.8. The van der Waals surface area contributed by atoms with Gasteiger partial charge in [-0.15, -0.1) is 0 Å². The van der Waals surface area contributed by atoms with Crippen molar-refractivity contribution in [3.8, 4) is 22.3 Å². The number of aryl methyl sites for hydroxylation is 2. The van der Waals surface area contributed by atoms with Crippen LogP contribution in [0.5, 0.6) is 0 Å². The van der Waals surface area contributed by atoms with Gasteiger partial charge in [0.1, 0.15) is 11.2 Å². The van der Waals surface area contributed by atoms with Gasteiger partial charge in [0.15, 0.2) is 11.2 Å². The van der Waals surface area contributed by atoms with Gasteiger partial charge in [0, 0.05) is 54.8 Å². The molecule has 0 amide bonds. The van der Waals surface area contributed by atoms with E-state index in [9.17, 15) is 0 Å². The third kappa shape index (κ3) is 8.09. The molecule has 4 heteroatoms. The highest BCUT2D eigenvalue weighted by Gasteiger charge is 2.30. The Morgan fingerprint density at radius 1 is 0.268 bits per heavy atom. The SMILES string of the molecule is Cc1cccc(N(c2cc(C(C)C)c3ccc4c(N(c5cccc(C)c5)c5cccc6c5oc5c(-c7ccccc7C(C)C)cccc56)cc(C(C)C)c5ccc2c3c54)c2cccc3c2oc2c(-c4ccccc4C(C)C)cccc23)c1. The van der Waals surface area contributed by atoms with Crippen LogP contribution in [0.25, 0.3) is 98.4 Å². The molecule has 14 rings (SSSR count).